The predicted octanol–water partition coefficient (Wildman–Crippen LogP) is 3.75. The van der Waals surface area contributed by atoms with Crippen molar-refractivity contribution in [2.24, 2.45) is 0 Å². The Hall–Kier alpha value is -3.30. The summed E-state index contributed by atoms with van der Waals surface area (Å²) >= 11 is 2.95. The number of thiophene rings is 1. The van der Waals surface area contributed by atoms with Crippen molar-refractivity contribution in [2.45, 2.75) is 16.2 Å². The molecule has 2 N–H and O–H groups in total. The van der Waals surface area contributed by atoms with Crippen molar-refractivity contribution in [1.82, 2.24) is 10.9 Å². The van der Waals surface area contributed by atoms with Gasteiger partial charge in [0.2, 0.25) is 0 Å². The van der Waals surface area contributed by atoms with Gasteiger partial charge < -0.3 is 9.64 Å². The van der Waals surface area contributed by atoms with Crippen molar-refractivity contribution in [2.75, 3.05) is 18.1 Å². The maximum atomic E-state index is 12.2. The van der Waals surface area contributed by atoms with E-state index in [1.807, 2.05) is 36.4 Å². The highest BCUT2D eigenvalue weighted by molar-refractivity contribution is 7.99. The number of carbonyl (C=O) groups excluding carboxylic acids is 3. The van der Waals surface area contributed by atoms with Gasteiger partial charge in [-0.2, -0.15) is 0 Å². The van der Waals surface area contributed by atoms with Gasteiger partial charge in [-0.25, -0.2) is 0 Å². The molecular weight excluding hydrogens is 434 g/mol. The molecule has 2 amide bonds. The number of fused-ring (bicyclic) bond motifs is 2. The zero-order valence-electron chi connectivity index (χ0n) is 16.4. The van der Waals surface area contributed by atoms with E-state index < -0.39 is 24.4 Å². The van der Waals surface area contributed by atoms with Crippen LogP contribution in [0.1, 0.15) is 16.1 Å². The van der Waals surface area contributed by atoms with E-state index in [0.29, 0.717) is 11.4 Å². The molecule has 0 atom stereocenters. The average Bonchev–Trinajstić information content (AvgIpc) is 3.34. The maximum Gasteiger partial charge on any atom is 0.308 e. The van der Waals surface area contributed by atoms with Gasteiger partial charge in [-0.15, -0.1) is 11.3 Å². The number of carbonyl (C=O) groups is 3. The minimum absolute atomic E-state index is 0.113. The summed E-state index contributed by atoms with van der Waals surface area (Å²) < 4.78 is 5.06. The van der Waals surface area contributed by atoms with Crippen LogP contribution in [-0.4, -0.2) is 30.9 Å². The van der Waals surface area contributed by atoms with Crippen molar-refractivity contribution in [3.63, 3.8) is 0 Å². The van der Waals surface area contributed by atoms with Gasteiger partial charge in [0.15, 0.2) is 6.61 Å². The van der Waals surface area contributed by atoms with E-state index in [9.17, 15) is 14.4 Å². The molecular formula is C22H19N3O4S2. The second-order valence-corrected chi connectivity index (χ2v) is 8.61. The Kier molecular flexibility index (Phi) is 6.54. The van der Waals surface area contributed by atoms with Crippen LogP contribution in [0.4, 0.5) is 11.4 Å². The number of nitrogens with one attached hydrogen (secondary N) is 2. The second kappa shape index (κ2) is 9.67. The molecule has 9 heteroatoms. The minimum Gasteiger partial charge on any atom is -0.455 e. The topological polar surface area (TPSA) is 87.7 Å². The second-order valence-electron chi connectivity index (χ2n) is 6.58. The van der Waals surface area contributed by atoms with Crippen LogP contribution in [-0.2, 0) is 14.3 Å². The van der Waals surface area contributed by atoms with Gasteiger partial charge in [0, 0.05) is 16.3 Å². The lowest BCUT2D eigenvalue weighted by molar-refractivity contribution is -0.148. The van der Waals surface area contributed by atoms with Gasteiger partial charge in [0.25, 0.3) is 11.8 Å². The molecule has 2 heterocycles. The van der Waals surface area contributed by atoms with E-state index >= 15 is 0 Å². The number of ether oxygens (including phenoxy) is 1. The van der Waals surface area contributed by atoms with Crippen LogP contribution in [0.5, 0.6) is 0 Å². The number of hydrogen-bond acceptors (Lipinski definition) is 7. The van der Waals surface area contributed by atoms with E-state index in [1.54, 1.807) is 29.3 Å². The number of hydrazine groups is 1. The zero-order valence-corrected chi connectivity index (χ0v) is 18.0. The molecule has 0 saturated heterocycles. The van der Waals surface area contributed by atoms with Gasteiger partial charge in [0.1, 0.15) is 0 Å². The van der Waals surface area contributed by atoms with Gasteiger partial charge in [-0.3, -0.25) is 25.2 Å². The molecule has 4 rings (SSSR count). The molecule has 1 aromatic heterocycles. The van der Waals surface area contributed by atoms with Crippen LogP contribution < -0.4 is 15.8 Å². The molecule has 0 bridgehead atoms. The first kappa shape index (κ1) is 21.0. The Morgan fingerprint density at radius 1 is 0.871 bits per heavy atom. The quantitative estimate of drug-likeness (QED) is 0.437. The predicted molar refractivity (Wildman–Crippen MR) is 120 cm³/mol. The Morgan fingerprint density at radius 3 is 2.19 bits per heavy atom. The van der Waals surface area contributed by atoms with E-state index in [4.69, 9.17) is 4.74 Å². The molecule has 1 aliphatic rings. The summed E-state index contributed by atoms with van der Waals surface area (Å²) in [6.45, 7) is -0.0449. The molecule has 0 unspecified atom stereocenters. The summed E-state index contributed by atoms with van der Waals surface area (Å²) in [4.78, 5) is 40.7. The van der Waals surface area contributed by atoms with E-state index in [1.165, 1.54) is 11.3 Å². The van der Waals surface area contributed by atoms with Crippen molar-refractivity contribution < 1.29 is 19.1 Å². The summed E-state index contributed by atoms with van der Waals surface area (Å²) in [6.07, 6.45) is 0.113. The zero-order chi connectivity index (χ0) is 21.6. The summed E-state index contributed by atoms with van der Waals surface area (Å²) in [5, 5.41) is 1.76. The first-order valence-corrected chi connectivity index (χ1v) is 11.2. The molecule has 0 spiro atoms. The third kappa shape index (κ3) is 5.07. The normalized spacial score (nSPS) is 11.8. The van der Waals surface area contributed by atoms with Gasteiger partial charge in [-0.1, -0.05) is 42.1 Å². The summed E-state index contributed by atoms with van der Waals surface area (Å²) in [7, 11) is 0. The fraction of sp³-hybridized carbons (Fsp3) is 0.136. The highest BCUT2D eigenvalue weighted by Crippen LogP contribution is 2.47. The Balaban J connectivity index is 1.28. The first-order chi connectivity index (χ1) is 15.1. The van der Waals surface area contributed by atoms with Gasteiger partial charge >= 0.3 is 5.97 Å². The fourth-order valence-corrected chi connectivity index (χ4v) is 4.79. The molecule has 0 fully saturated rings. The van der Waals surface area contributed by atoms with Gasteiger partial charge in [-0.05, 0) is 35.7 Å². The molecule has 0 saturated carbocycles. The number of amides is 2. The number of rotatable bonds is 6. The molecule has 158 valence electrons. The lowest BCUT2D eigenvalue weighted by Crippen LogP contribution is -2.43. The first-order valence-electron chi connectivity index (χ1n) is 9.53. The summed E-state index contributed by atoms with van der Waals surface area (Å²) in [5.74, 6) is -1.52. The number of esters is 1. The van der Waals surface area contributed by atoms with Crippen LogP contribution in [0.15, 0.2) is 75.8 Å². The largest absolute Gasteiger partial charge is 0.455 e. The van der Waals surface area contributed by atoms with Crippen molar-refractivity contribution >= 4 is 52.3 Å². The van der Waals surface area contributed by atoms with Crippen molar-refractivity contribution in [3.05, 3.63) is 70.9 Å². The lowest BCUT2D eigenvalue weighted by Gasteiger charge is -2.32. The van der Waals surface area contributed by atoms with Crippen LogP contribution in [0.25, 0.3) is 0 Å². The number of para-hydroxylation sites is 2. The highest BCUT2D eigenvalue weighted by Gasteiger charge is 2.23. The average molecular weight is 454 g/mol. The van der Waals surface area contributed by atoms with E-state index in [2.05, 4.69) is 27.9 Å². The minimum atomic E-state index is -0.608. The standard InChI is InChI=1S/C22H19N3O4S2/c26-20(23-24-22(28)19-10-5-13-30-19)14-29-21(27)11-12-25-15-6-1-3-8-17(15)31-18-9-4-2-7-16(18)25/h1-10,13H,11-12,14H2,(H,23,26)(H,24,28). The molecule has 0 radical (unpaired) electrons. The fourth-order valence-electron chi connectivity index (χ4n) is 3.08. The maximum absolute atomic E-state index is 12.2. The third-order valence-electron chi connectivity index (χ3n) is 4.50. The third-order valence-corrected chi connectivity index (χ3v) is 6.50. The highest BCUT2D eigenvalue weighted by atomic mass is 32.2. The summed E-state index contributed by atoms with van der Waals surface area (Å²) in [5.41, 5.74) is 6.59. The van der Waals surface area contributed by atoms with Crippen LogP contribution in [0, 0.1) is 0 Å². The number of benzene rings is 2. The SMILES string of the molecule is O=C(COC(=O)CCN1c2ccccc2Sc2ccccc21)NNC(=O)c1cccs1. The lowest BCUT2D eigenvalue weighted by atomic mass is 10.2. The smallest absolute Gasteiger partial charge is 0.308 e. The van der Waals surface area contributed by atoms with Crippen molar-refractivity contribution in [3.8, 4) is 0 Å². The number of anilines is 2. The van der Waals surface area contributed by atoms with Gasteiger partial charge in [0.05, 0.1) is 22.7 Å². The van der Waals surface area contributed by atoms with E-state index in [0.717, 1.165) is 21.2 Å². The summed E-state index contributed by atoms with van der Waals surface area (Å²) in [6, 6.07) is 19.4. The molecule has 2 aromatic carbocycles. The molecule has 3 aromatic rings. The van der Waals surface area contributed by atoms with Crippen LogP contribution in [0.3, 0.4) is 0 Å². The molecule has 1 aliphatic heterocycles. The molecule has 7 nitrogen and oxygen atoms in total. The van der Waals surface area contributed by atoms with E-state index in [-0.39, 0.29) is 6.42 Å². The monoisotopic (exact) mass is 453 g/mol. The van der Waals surface area contributed by atoms with Crippen molar-refractivity contribution in [1.29, 1.82) is 0 Å². The number of nitrogens with zero attached hydrogens (tertiary/aromatic N) is 1. The molecule has 31 heavy (non-hydrogen) atoms. The Bertz CT molecular complexity index is 1060. The van der Waals surface area contributed by atoms with Crippen LogP contribution in [0.2, 0.25) is 0 Å². The van der Waals surface area contributed by atoms with Crippen LogP contribution >= 0.6 is 23.1 Å². The Morgan fingerprint density at radius 2 is 1.55 bits per heavy atom. The number of hydrogen-bond donors (Lipinski definition) is 2. The Labute approximate surface area is 187 Å². The molecule has 0 aliphatic carbocycles.